The third-order valence-electron chi connectivity index (χ3n) is 5.67. The third kappa shape index (κ3) is 5.35. The Morgan fingerprint density at radius 2 is 1.52 bits per heavy atom. The first-order valence-electron chi connectivity index (χ1n) is 10.8. The maximum Gasteiger partial charge on any atom is 0.319 e. The van der Waals surface area contributed by atoms with Crippen molar-refractivity contribution in [2.45, 2.75) is 18.9 Å². The second kappa shape index (κ2) is 9.95. The number of carbonyl (C=O) groups is 2. The molecule has 3 aromatic rings. The summed E-state index contributed by atoms with van der Waals surface area (Å²) in [6.45, 7) is 1.12. The molecule has 168 valence electrons. The van der Waals surface area contributed by atoms with Gasteiger partial charge in [-0.05, 0) is 37.1 Å². The summed E-state index contributed by atoms with van der Waals surface area (Å²) in [5.74, 6) is -0.252. The molecule has 1 heterocycles. The van der Waals surface area contributed by atoms with Crippen molar-refractivity contribution in [3.8, 4) is 0 Å². The van der Waals surface area contributed by atoms with Crippen LogP contribution in [0.3, 0.4) is 0 Å². The summed E-state index contributed by atoms with van der Waals surface area (Å²) in [5, 5.41) is 17.5. The lowest BCUT2D eigenvalue weighted by Gasteiger charge is -2.33. The number of anilines is 2. The predicted molar refractivity (Wildman–Crippen MR) is 127 cm³/mol. The molecule has 4 rings (SSSR count). The molecule has 0 saturated carbocycles. The quantitative estimate of drug-likeness (QED) is 0.328. The van der Waals surface area contributed by atoms with Crippen molar-refractivity contribution in [3.63, 3.8) is 0 Å². The van der Waals surface area contributed by atoms with Gasteiger partial charge in [0, 0.05) is 42.0 Å². The monoisotopic (exact) mass is 444 g/mol. The van der Waals surface area contributed by atoms with Crippen LogP contribution in [0.2, 0.25) is 0 Å². The Bertz CT molecular complexity index is 1140. The van der Waals surface area contributed by atoms with Crippen LogP contribution in [0.15, 0.2) is 78.9 Å². The third-order valence-corrected chi connectivity index (χ3v) is 5.67. The molecule has 1 saturated heterocycles. The van der Waals surface area contributed by atoms with E-state index in [1.54, 1.807) is 36.4 Å². The summed E-state index contributed by atoms with van der Waals surface area (Å²) in [7, 11) is 0. The SMILES string of the molecule is O=C(Nc1ccccc1)NC1CCN(c2ccc(C(=O)c3ccccc3)cc2[N+](=O)[O-])CC1. The number of amides is 2. The lowest BCUT2D eigenvalue weighted by atomic mass is 10.0. The first-order valence-corrected chi connectivity index (χ1v) is 10.8. The lowest BCUT2D eigenvalue weighted by molar-refractivity contribution is -0.384. The fraction of sp³-hybridized carbons (Fsp3) is 0.200. The summed E-state index contributed by atoms with van der Waals surface area (Å²) in [4.78, 5) is 38.2. The zero-order valence-corrected chi connectivity index (χ0v) is 17.9. The van der Waals surface area contributed by atoms with Gasteiger partial charge in [0.2, 0.25) is 0 Å². The van der Waals surface area contributed by atoms with E-state index in [1.807, 2.05) is 41.3 Å². The highest BCUT2D eigenvalue weighted by Crippen LogP contribution is 2.32. The number of nitrogens with zero attached hydrogens (tertiary/aromatic N) is 2. The number of urea groups is 1. The van der Waals surface area contributed by atoms with Gasteiger partial charge in [-0.15, -0.1) is 0 Å². The molecular formula is C25H24N4O4. The zero-order chi connectivity index (χ0) is 23.2. The van der Waals surface area contributed by atoms with Crippen LogP contribution in [-0.4, -0.2) is 35.9 Å². The van der Waals surface area contributed by atoms with E-state index in [-0.39, 0.29) is 29.1 Å². The van der Waals surface area contributed by atoms with Gasteiger partial charge in [0.1, 0.15) is 5.69 Å². The molecule has 33 heavy (non-hydrogen) atoms. The van der Waals surface area contributed by atoms with Crippen LogP contribution in [0, 0.1) is 10.1 Å². The molecular weight excluding hydrogens is 420 g/mol. The van der Waals surface area contributed by atoms with Gasteiger partial charge >= 0.3 is 6.03 Å². The van der Waals surface area contributed by atoms with E-state index in [0.29, 0.717) is 42.9 Å². The number of benzene rings is 3. The van der Waals surface area contributed by atoms with Gasteiger partial charge in [-0.25, -0.2) is 4.79 Å². The van der Waals surface area contributed by atoms with Crippen molar-refractivity contribution >= 4 is 28.9 Å². The van der Waals surface area contributed by atoms with Crippen LogP contribution in [0.4, 0.5) is 21.9 Å². The van der Waals surface area contributed by atoms with Crippen molar-refractivity contribution < 1.29 is 14.5 Å². The number of hydrogen-bond donors (Lipinski definition) is 2. The number of nitrogens with one attached hydrogen (secondary N) is 2. The van der Waals surface area contributed by atoms with Gasteiger partial charge in [-0.2, -0.15) is 0 Å². The fourth-order valence-corrected chi connectivity index (χ4v) is 3.97. The first-order chi connectivity index (χ1) is 16.0. The molecule has 1 aliphatic heterocycles. The first kappa shape index (κ1) is 22.0. The summed E-state index contributed by atoms with van der Waals surface area (Å²) in [6, 6.07) is 22.2. The summed E-state index contributed by atoms with van der Waals surface area (Å²) in [6.07, 6.45) is 1.31. The zero-order valence-electron chi connectivity index (χ0n) is 17.9. The number of carbonyl (C=O) groups excluding carboxylic acids is 2. The van der Waals surface area contributed by atoms with Gasteiger partial charge < -0.3 is 15.5 Å². The van der Waals surface area contributed by atoms with Gasteiger partial charge in [0.05, 0.1) is 4.92 Å². The second-order valence-electron chi connectivity index (χ2n) is 7.88. The number of nitro benzene ring substituents is 1. The standard InChI is InChI=1S/C25H24N4O4/c30-24(18-7-3-1-4-8-18)19-11-12-22(23(17-19)29(32)33)28-15-13-21(14-16-28)27-25(31)26-20-9-5-2-6-10-20/h1-12,17,21H,13-16H2,(H2,26,27,31). The van der Waals surface area contributed by atoms with Gasteiger partial charge in [-0.3, -0.25) is 14.9 Å². The molecule has 0 aliphatic carbocycles. The molecule has 2 amide bonds. The smallest absolute Gasteiger partial charge is 0.319 e. The molecule has 3 aromatic carbocycles. The van der Waals surface area contributed by atoms with E-state index in [1.165, 1.54) is 6.07 Å². The molecule has 0 spiro atoms. The number of nitro groups is 1. The highest BCUT2D eigenvalue weighted by atomic mass is 16.6. The minimum atomic E-state index is -0.450. The van der Waals surface area contributed by atoms with E-state index < -0.39 is 4.92 Å². The molecule has 0 aromatic heterocycles. The van der Waals surface area contributed by atoms with Crippen LogP contribution >= 0.6 is 0 Å². The van der Waals surface area contributed by atoms with E-state index in [9.17, 15) is 19.7 Å². The summed E-state index contributed by atoms with van der Waals surface area (Å²) < 4.78 is 0. The molecule has 8 heteroatoms. The van der Waals surface area contributed by atoms with Crippen molar-refractivity contribution in [2.75, 3.05) is 23.3 Å². The Morgan fingerprint density at radius 3 is 2.15 bits per heavy atom. The maximum atomic E-state index is 12.7. The van der Waals surface area contributed by atoms with Crippen molar-refractivity contribution in [2.24, 2.45) is 0 Å². The fourth-order valence-electron chi connectivity index (χ4n) is 3.97. The lowest BCUT2D eigenvalue weighted by Crippen LogP contribution is -2.46. The summed E-state index contributed by atoms with van der Waals surface area (Å²) >= 11 is 0. The normalized spacial score (nSPS) is 13.9. The van der Waals surface area contributed by atoms with E-state index >= 15 is 0 Å². The number of hydrogen-bond acceptors (Lipinski definition) is 5. The molecule has 0 unspecified atom stereocenters. The summed E-state index contributed by atoms with van der Waals surface area (Å²) in [5.41, 5.74) is 1.88. The number of piperidine rings is 1. The van der Waals surface area contributed by atoms with Crippen LogP contribution in [-0.2, 0) is 0 Å². The highest BCUT2D eigenvalue weighted by molar-refractivity contribution is 6.09. The molecule has 0 atom stereocenters. The molecule has 1 fully saturated rings. The Morgan fingerprint density at radius 1 is 0.879 bits per heavy atom. The van der Waals surface area contributed by atoms with Gasteiger partial charge in [-0.1, -0.05) is 48.5 Å². The van der Waals surface area contributed by atoms with E-state index in [4.69, 9.17) is 0 Å². The molecule has 8 nitrogen and oxygen atoms in total. The largest absolute Gasteiger partial charge is 0.366 e. The van der Waals surface area contributed by atoms with Crippen LogP contribution in [0.25, 0.3) is 0 Å². The Labute approximate surface area is 191 Å². The number of para-hydroxylation sites is 1. The van der Waals surface area contributed by atoms with Crippen molar-refractivity contribution in [3.05, 3.63) is 100 Å². The topological polar surface area (TPSA) is 105 Å². The van der Waals surface area contributed by atoms with Crippen molar-refractivity contribution in [1.29, 1.82) is 0 Å². The maximum absolute atomic E-state index is 12.7. The van der Waals surface area contributed by atoms with Crippen LogP contribution < -0.4 is 15.5 Å². The minimum Gasteiger partial charge on any atom is -0.366 e. The highest BCUT2D eigenvalue weighted by Gasteiger charge is 2.27. The molecule has 0 bridgehead atoms. The number of ketones is 1. The Hall–Kier alpha value is -4.20. The van der Waals surface area contributed by atoms with Gasteiger partial charge in [0.25, 0.3) is 5.69 Å². The van der Waals surface area contributed by atoms with Crippen LogP contribution in [0.5, 0.6) is 0 Å². The van der Waals surface area contributed by atoms with Crippen LogP contribution in [0.1, 0.15) is 28.8 Å². The number of rotatable bonds is 6. The second-order valence-corrected chi connectivity index (χ2v) is 7.88. The molecule has 1 aliphatic rings. The van der Waals surface area contributed by atoms with Crippen molar-refractivity contribution in [1.82, 2.24) is 5.32 Å². The molecule has 0 radical (unpaired) electrons. The predicted octanol–water partition coefficient (Wildman–Crippen LogP) is 4.62. The Kier molecular flexibility index (Phi) is 6.64. The minimum absolute atomic E-state index is 0.0250. The van der Waals surface area contributed by atoms with E-state index in [2.05, 4.69) is 10.6 Å². The average molecular weight is 444 g/mol. The van der Waals surface area contributed by atoms with E-state index in [0.717, 1.165) is 0 Å². The molecule has 2 N–H and O–H groups in total. The van der Waals surface area contributed by atoms with Gasteiger partial charge in [0.15, 0.2) is 5.78 Å². The Balaban J connectivity index is 1.41. The average Bonchev–Trinajstić information content (AvgIpc) is 2.85.